The van der Waals surface area contributed by atoms with E-state index in [0.29, 0.717) is 34.0 Å². The van der Waals surface area contributed by atoms with Crippen LogP contribution < -0.4 is 14.8 Å². The number of Topliss-reactive ketones (excluding diaryl/α,β-unsaturated/α-hetero) is 1. The molecular formula is C19H24N2O4. The van der Waals surface area contributed by atoms with Gasteiger partial charge < -0.3 is 19.8 Å². The zero-order chi connectivity index (χ0) is 18.7. The van der Waals surface area contributed by atoms with Gasteiger partial charge >= 0.3 is 0 Å². The second kappa shape index (κ2) is 7.42. The van der Waals surface area contributed by atoms with Crippen LogP contribution in [0.25, 0.3) is 0 Å². The molecule has 0 radical (unpaired) electrons. The standard InChI is InChI=1S/C19H24N2O4/c1-10-17(13(4)22)12(3)20-18(10)19(23)21-11(2)15-9-14(24-5)7-8-16(15)25-6/h7-9,11,20H,1-6H3,(H,21,23)/t11-/m0/s1. The van der Waals surface area contributed by atoms with Crippen molar-refractivity contribution in [2.45, 2.75) is 33.7 Å². The summed E-state index contributed by atoms with van der Waals surface area (Å²) in [5.74, 6) is 1.01. The summed E-state index contributed by atoms with van der Waals surface area (Å²) in [4.78, 5) is 27.4. The van der Waals surface area contributed by atoms with Crippen LogP contribution in [0.1, 0.15) is 57.6 Å². The fourth-order valence-corrected chi connectivity index (χ4v) is 3.03. The number of carbonyl (C=O) groups is 2. The quantitative estimate of drug-likeness (QED) is 0.788. The van der Waals surface area contributed by atoms with Gasteiger partial charge in [0.2, 0.25) is 0 Å². The molecular weight excluding hydrogens is 320 g/mol. The second-order valence-electron chi connectivity index (χ2n) is 5.98. The minimum Gasteiger partial charge on any atom is -0.497 e. The first-order valence-electron chi connectivity index (χ1n) is 8.03. The van der Waals surface area contributed by atoms with Crippen LogP contribution in [0.3, 0.4) is 0 Å². The molecule has 0 aliphatic rings. The molecule has 0 unspecified atom stereocenters. The highest BCUT2D eigenvalue weighted by Crippen LogP contribution is 2.29. The molecule has 6 nitrogen and oxygen atoms in total. The molecule has 1 heterocycles. The summed E-state index contributed by atoms with van der Waals surface area (Å²) in [7, 11) is 3.17. The number of aromatic nitrogens is 1. The summed E-state index contributed by atoms with van der Waals surface area (Å²) >= 11 is 0. The molecule has 1 atom stereocenters. The van der Waals surface area contributed by atoms with Crippen LogP contribution in [-0.2, 0) is 0 Å². The Morgan fingerprint density at radius 3 is 2.36 bits per heavy atom. The van der Waals surface area contributed by atoms with Crippen LogP contribution in [-0.4, -0.2) is 30.9 Å². The third-order valence-corrected chi connectivity index (χ3v) is 4.27. The van der Waals surface area contributed by atoms with Crippen molar-refractivity contribution in [2.24, 2.45) is 0 Å². The van der Waals surface area contributed by atoms with Crippen LogP contribution in [0.2, 0.25) is 0 Å². The van der Waals surface area contributed by atoms with E-state index < -0.39 is 0 Å². The number of aryl methyl sites for hydroxylation is 1. The first-order chi connectivity index (χ1) is 11.8. The maximum atomic E-state index is 12.7. The number of aromatic amines is 1. The number of benzene rings is 1. The van der Waals surface area contributed by atoms with E-state index >= 15 is 0 Å². The van der Waals surface area contributed by atoms with Gasteiger partial charge in [0.1, 0.15) is 17.2 Å². The zero-order valence-electron chi connectivity index (χ0n) is 15.4. The fraction of sp³-hybridized carbons (Fsp3) is 0.368. The lowest BCUT2D eigenvalue weighted by Gasteiger charge is -2.18. The normalized spacial score (nSPS) is 11.8. The molecule has 0 aliphatic heterocycles. The number of amides is 1. The van der Waals surface area contributed by atoms with E-state index in [1.165, 1.54) is 6.92 Å². The van der Waals surface area contributed by atoms with Crippen LogP contribution in [0, 0.1) is 13.8 Å². The first kappa shape index (κ1) is 18.6. The molecule has 2 N–H and O–H groups in total. The Labute approximate surface area is 147 Å². The SMILES string of the molecule is COc1ccc(OC)c([C@H](C)NC(=O)c2[nH]c(C)c(C(C)=O)c2C)c1. The number of nitrogens with one attached hydrogen (secondary N) is 2. The Morgan fingerprint density at radius 1 is 1.16 bits per heavy atom. The molecule has 0 fully saturated rings. The van der Waals surface area contributed by atoms with Crippen LogP contribution in [0.15, 0.2) is 18.2 Å². The second-order valence-corrected chi connectivity index (χ2v) is 5.98. The van der Waals surface area contributed by atoms with E-state index in [9.17, 15) is 9.59 Å². The lowest BCUT2D eigenvalue weighted by molar-refractivity contribution is 0.0934. The van der Waals surface area contributed by atoms with Gasteiger partial charge in [-0.25, -0.2) is 0 Å². The van der Waals surface area contributed by atoms with E-state index in [0.717, 1.165) is 5.56 Å². The Bertz CT molecular complexity index is 808. The largest absolute Gasteiger partial charge is 0.497 e. The Morgan fingerprint density at radius 2 is 1.84 bits per heavy atom. The van der Waals surface area contributed by atoms with Crippen LogP contribution in [0.5, 0.6) is 11.5 Å². The average Bonchev–Trinajstić information content (AvgIpc) is 2.88. The number of methoxy groups -OCH3 is 2. The topological polar surface area (TPSA) is 80.4 Å². The van der Waals surface area contributed by atoms with Crippen molar-refractivity contribution in [1.82, 2.24) is 10.3 Å². The summed E-state index contributed by atoms with van der Waals surface area (Å²) in [5, 5.41) is 2.94. The smallest absolute Gasteiger partial charge is 0.268 e. The third kappa shape index (κ3) is 3.68. The van der Waals surface area contributed by atoms with Crippen molar-refractivity contribution in [1.29, 1.82) is 0 Å². The molecule has 25 heavy (non-hydrogen) atoms. The van der Waals surface area contributed by atoms with Gasteiger partial charge in [-0.1, -0.05) is 0 Å². The van der Waals surface area contributed by atoms with Crippen molar-refractivity contribution in [3.05, 3.63) is 46.3 Å². The lowest BCUT2D eigenvalue weighted by Crippen LogP contribution is -2.28. The monoisotopic (exact) mass is 344 g/mol. The average molecular weight is 344 g/mol. The van der Waals surface area contributed by atoms with Gasteiger partial charge in [0.05, 0.1) is 20.3 Å². The lowest BCUT2D eigenvalue weighted by atomic mass is 10.0. The molecule has 0 aliphatic carbocycles. The number of carbonyl (C=O) groups excluding carboxylic acids is 2. The minimum atomic E-state index is -0.304. The molecule has 1 amide bonds. The highest BCUT2D eigenvalue weighted by molar-refractivity contribution is 6.02. The predicted octanol–water partition coefficient (Wildman–Crippen LogP) is 3.34. The Balaban J connectivity index is 2.30. The number of hydrogen-bond acceptors (Lipinski definition) is 4. The van der Waals surface area contributed by atoms with Gasteiger partial charge in [-0.05, 0) is 51.5 Å². The number of ether oxygens (including phenoxy) is 2. The van der Waals surface area contributed by atoms with Crippen molar-refractivity contribution in [2.75, 3.05) is 14.2 Å². The molecule has 2 aromatic rings. The van der Waals surface area contributed by atoms with Gasteiger partial charge in [0.25, 0.3) is 5.91 Å². The Kier molecular flexibility index (Phi) is 5.51. The number of hydrogen-bond donors (Lipinski definition) is 2. The van der Waals surface area contributed by atoms with E-state index in [2.05, 4.69) is 10.3 Å². The van der Waals surface area contributed by atoms with Gasteiger partial charge in [-0.3, -0.25) is 9.59 Å². The van der Waals surface area contributed by atoms with Crippen LogP contribution >= 0.6 is 0 Å². The molecule has 1 aromatic heterocycles. The number of ketones is 1. The van der Waals surface area contributed by atoms with E-state index in [1.54, 1.807) is 40.2 Å². The molecule has 1 aromatic carbocycles. The highest BCUT2D eigenvalue weighted by Gasteiger charge is 2.22. The third-order valence-electron chi connectivity index (χ3n) is 4.27. The molecule has 0 saturated heterocycles. The summed E-state index contributed by atoms with van der Waals surface area (Å²) in [6.07, 6.45) is 0. The van der Waals surface area contributed by atoms with Crippen molar-refractivity contribution in [3.8, 4) is 11.5 Å². The fourth-order valence-electron chi connectivity index (χ4n) is 3.03. The summed E-state index contributed by atoms with van der Waals surface area (Å²) in [6.45, 7) is 6.92. The maximum Gasteiger partial charge on any atom is 0.268 e. The maximum absolute atomic E-state index is 12.7. The van der Waals surface area contributed by atoms with Gasteiger partial charge in [-0.15, -0.1) is 0 Å². The Hall–Kier alpha value is -2.76. The molecule has 2 rings (SSSR count). The number of H-pyrrole nitrogens is 1. The molecule has 0 bridgehead atoms. The van der Waals surface area contributed by atoms with Gasteiger partial charge in [0, 0.05) is 16.8 Å². The first-order valence-corrected chi connectivity index (χ1v) is 8.03. The number of rotatable bonds is 6. The summed E-state index contributed by atoms with van der Waals surface area (Å²) in [5.41, 5.74) is 3.13. The summed E-state index contributed by atoms with van der Waals surface area (Å²) in [6, 6.07) is 5.13. The van der Waals surface area contributed by atoms with Gasteiger partial charge in [0.15, 0.2) is 5.78 Å². The summed E-state index contributed by atoms with van der Waals surface area (Å²) < 4.78 is 10.6. The van der Waals surface area contributed by atoms with Crippen molar-refractivity contribution < 1.29 is 19.1 Å². The van der Waals surface area contributed by atoms with E-state index in [4.69, 9.17) is 9.47 Å². The molecule has 0 saturated carbocycles. The molecule has 6 heteroatoms. The van der Waals surface area contributed by atoms with E-state index in [1.807, 2.05) is 13.0 Å². The minimum absolute atomic E-state index is 0.0622. The van der Waals surface area contributed by atoms with E-state index in [-0.39, 0.29) is 17.7 Å². The van der Waals surface area contributed by atoms with Gasteiger partial charge in [-0.2, -0.15) is 0 Å². The van der Waals surface area contributed by atoms with Crippen LogP contribution in [0.4, 0.5) is 0 Å². The predicted molar refractivity (Wildman–Crippen MR) is 95.7 cm³/mol. The van der Waals surface area contributed by atoms with Crippen molar-refractivity contribution >= 4 is 11.7 Å². The molecule has 134 valence electrons. The molecule has 0 spiro atoms. The zero-order valence-corrected chi connectivity index (χ0v) is 15.4. The highest BCUT2D eigenvalue weighted by atomic mass is 16.5. The van der Waals surface area contributed by atoms with Crippen molar-refractivity contribution in [3.63, 3.8) is 0 Å².